The fourth-order valence-electron chi connectivity index (χ4n) is 3.90. The minimum absolute atomic E-state index is 0.0499. The molecule has 1 saturated heterocycles. The SMILES string of the molecule is CCOc1ccc(CCC(=O)N2CCCN(C(=O)c3ccccc3C)CC2)cc1OC. The smallest absolute Gasteiger partial charge is 0.254 e. The molecule has 2 aromatic carbocycles. The second-order valence-corrected chi connectivity index (χ2v) is 7.76. The van der Waals surface area contributed by atoms with Crippen LogP contribution in [0.1, 0.15) is 41.3 Å². The number of hydrogen-bond donors (Lipinski definition) is 0. The third kappa shape index (κ3) is 5.78. The Labute approximate surface area is 184 Å². The summed E-state index contributed by atoms with van der Waals surface area (Å²) in [6.45, 7) is 6.96. The van der Waals surface area contributed by atoms with Crippen molar-refractivity contribution in [3.05, 3.63) is 59.2 Å². The lowest BCUT2D eigenvalue weighted by molar-refractivity contribution is -0.131. The summed E-state index contributed by atoms with van der Waals surface area (Å²) in [5.74, 6) is 1.57. The summed E-state index contributed by atoms with van der Waals surface area (Å²) in [7, 11) is 1.62. The van der Waals surface area contributed by atoms with Crippen molar-refractivity contribution in [1.29, 1.82) is 0 Å². The second-order valence-electron chi connectivity index (χ2n) is 7.76. The lowest BCUT2D eigenvalue weighted by atomic mass is 10.1. The first-order valence-electron chi connectivity index (χ1n) is 11.0. The van der Waals surface area contributed by atoms with E-state index in [0.717, 1.165) is 23.1 Å². The van der Waals surface area contributed by atoms with E-state index in [1.807, 2.05) is 66.1 Å². The predicted octanol–water partition coefficient (Wildman–Crippen LogP) is 3.71. The van der Waals surface area contributed by atoms with Gasteiger partial charge >= 0.3 is 0 Å². The van der Waals surface area contributed by atoms with E-state index in [-0.39, 0.29) is 11.8 Å². The van der Waals surface area contributed by atoms with Crippen LogP contribution < -0.4 is 9.47 Å². The van der Waals surface area contributed by atoms with Gasteiger partial charge in [0, 0.05) is 38.2 Å². The van der Waals surface area contributed by atoms with Crippen molar-refractivity contribution in [1.82, 2.24) is 9.80 Å². The van der Waals surface area contributed by atoms with Gasteiger partial charge in [0.15, 0.2) is 11.5 Å². The first-order chi connectivity index (χ1) is 15.0. The van der Waals surface area contributed by atoms with Gasteiger partial charge in [-0.3, -0.25) is 9.59 Å². The minimum Gasteiger partial charge on any atom is -0.493 e. The summed E-state index contributed by atoms with van der Waals surface area (Å²) in [5, 5.41) is 0. The summed E-state index contributed by atoms with van der Waals surface area (Å²) < 4.78 is 11.0. The summed E-state index contributed by atoms with van der Waals surface area (Å²) >= 11 is 0. The maximum Gasteiger partial charge on any atom is 0.254 e. The molecule has 0 saturated carbocycles. The first-order valence-corrected chi connectivity index (χ1v) is 11.0. The van der Waals surface area contributed by atoms with Gasteiger partial charge in [0.1, 0.15) is 0 Å². The van der Waals surface area contributed by atoms with Crippen LogP contribution in [0.5, 0.6) is 11.5 Å². The zero-order chi connectivity index (χ0) is 22.2. The third-order valence-corrected chi connectivity index (χ3v) is 5.67. The molecule has 2 amide bonds. The number of aryl methyl sites for hydroxylation is 2. The fourth-order valence-corrected chi connectivity index (χ4v) is 3.90. The van der Waals surface area contributed by atoms with Gasteiger partial charge in [0.05, 0.1) is 13.7 Å². The summed E-state index contributed by atoms with van der Waals surface area (Å²) in [5.41, 5.74) is 2.77. The van der Waals surface area contributed by atoms with E-state index >= 15 is 0 Å². The van der Waals surface area contributed by atoms with E-state index in [1.54, 1.807) is 7.11 Å². The number of nitrogens with zero attached hydrogens (tertiary/aromatic N) is 2. The molecule has 166 valence electrons. The maximum atomic E-state index is 12.9. The molecule has 0 spiro atoms. The van der Waals surface area contributed by atoms with Gasteiger partial charge in [-0.2, -0.15) is 0 Å². The van der Waals surface area contributed by atoms with Crippen LogP contribution >= 0.6 is 0 Å². The quantitative estimate of drug-likeness (QED) is 0.680. The van der Waals surface area contributed by atoms with E-state index in [1.165, 1.54) is 0 Å². The highest BCUT2D eigenvalue weighted by atomic mass is 16.5. The van der Waals surface area contributed by atoms with E-state index < -0.39 is 0 Å². The molecule has 1 aliphatic rings. The minimum atomic E-state index is 0.0499. The molecule has 1 heterocycles. The molecule has 0 aliphatic carbocycles. The third-order valence-electron chi connectivity index (χ3n) is 5.67. The number of rotatable bonds is 7. The van der Waals surface area contributed by atoms with Crippen molar-refractivity contribution in [3.8, 4) is 11.5 Å². The largest absolute Gasteiger partial charge is 0.493 e. The van der Waals surface area contributed by atoms with Gasteiger partial charge in [-0.15, -0.1) is 0 Å². The van der Waals surface area contributed by atoms with Gasteiger partial charge in [-0.1, -0.05) is 24.3 Å². The van der Waals surface area contributed by atoms with Crippen molar-refractivity contribution in [2.24, 2.45) is 0 Å². The van der Waals surface area contributed by atoms with Crippen LogP contribution in [0.3, 0.4) is 0 Å². The molecular weight excluding hydrogens is 392 g/mol. The Hall–Kier alpha value is -3.02. The Bertz CT molecular complexity index is 912. The number of ether oxygens (including phenoxy) is 2. The van der Waals surface area contributed by atoms with Gasteiger partial charge in [-0.25, -0.2) is 0 Å². The van der Waals surface area contributed by atoms with Gasteiger partial charge in [-0.05, 0) is 56.0 Å². The van der Waals surface area contributed by atoms with Crippen LogP contribution in [0.25, 0.3) is 0 Å². The average Bonchev–Trinajstić information content (AvgIpc) is 3.04. The molecule has 0 atom stereocenters. The summed E-state index contributed by atoms with van der Waals surface area (Å²) in [4.78, 5) is 29.5. The second kappa shape index (κ2) is 10.8. The lowest BCUT2D eigenvalue weighted by Crippen LogP contribution is -2.37. The number of hydrogen-bond acceptors (Lipinski definition) is 4. The Morgan fingerprint density at radius 3 is 2.45 bits per heavy atom. The van der Waals surface area contributed by atoms with Crippen LogP contribution in [-0.2, 0) is 11.2 Å². The standard InChI is InChI=1S/C25H32N2O4/c1-4-31-22-12-10-20(18-23(22)30-3)11-13-24(28)26-14-7-15-27(17-16-26)25(29)21-9-6-5-8-19(21)2/h5-6,8-10,12,18H,4,7,11,13-17H2,1-3H3. The number of amides is 2. The Morgan fingerprint density at radius 2 is 1.71 bits per heavy atom. The first kappa shape index (κ1) is 22.7. The van der Waals surface area contributed by atoms with Gasteiger partial charge in [0.25, 0.3) is 5.91 Å². The molecule has 6 heteroatoms. The number of carbonyl (C=O) groups is 2. The highest BCUT2D eigenvalue weighted by molar-refractivity contribution is 5.95. The van der Waals surface area contributed by atoms with Gasteiger partial charge < -0.3 is 19.3 Å². The zero-order valence-electron chi connectivity index (χ0n) is 18.7. The normalized spacial score (nSPS) is 14.2. The number of carbonyl (C=O) groups excluding carboxylic acids is 2. The van der Waals surface area contributed by atoms with Crippen molar-refractivity contribution < 1.29 is 19.1 Å². The van der Waals surface area contributed by atoms with Crippen LogP contribution in [0.2, 0.25) is 0 Å². The Morgan fingerprint density at radius 1 is 0.968 bits per heavy atom. The Kier molecular flexibility index (Phi) is 7.93. The summed E-state index contributed by atoms with van der Waals surface area (Å²) in [6, 6.07) is 13.5. The molecule has 0 aromatic heterocycles. The highest BCUT2D eigenvalue weighted by Crippen LogP contribution is 2.28. The Balaban J connectivity index is 1.55. The maximum absolute atomic E-state index is 12.9. The molecule has 0 bridgehead atoms. The van der Waals surface area contributed by atoms with E-state index in [2.05, 4.69) is 0 Å². The topological polar surface area (TPSA) is 59.1 Å². The molecule has 31 heavy (non-hydrogen) atoms. The molecule has 6 nitrogen and oxygen atoms in total. The van der Waals surface area contributed by atoms with Crippen molar-refractivity contribution >= 4 is 11.8 Å². The molecule has 2 aromatic rings. The van der Waals surface area contributed by atoms with E-state index in [0.29, 0.717) is 57.1 Å². The zero-order valence-corrected chi connectivity index (χ0v) is 18.7. The number of methoxy groups -OCH3 is 1. The van der Waals surface area contributed by atoms with Crippen molar-refractivity contribution in [2.75, 3.05) is 39.9 Å². The molecule has 3 rings (SSSR count). The molecule has 1 aliphatic heterocycles. The van der Waals surface area contributed by atoms with E-state index in [9.17, 15) is 9.59 Å². The van der Waals surface area contributed by atoms with Crippen LogP contribution in [0, 0.1) is 6.92 Å². The molecule has 1 fully saturated rings. The molecule has 0 radical (unpaired) electrons. The van der Waals surface area contributed by atoms with Crippen LogP contribution in [-0.4, -0.2) is 61.5 Å². The van der Waals surface area contributed by atoms with Crippen molar-refractivity contribution in [3.63, 3.8) is 0 Å². The van der Waals surface area contributed by atoms with E-state index in [4.69, 9.17) is 9.47 Å². The van der Waals surface area contributed by atoms with Gasteiger partial charge in [0.2, 0.25) is 5.91 Å². The number of benzene rings is 2. The fraction of sp³-hybridized carbons (Fsp3) is 0.440. The molecule has 0 N–H and O–H groups in total. The molecule has 0 unspecified atom stereocenters. The van der Waals surface area contributed by atoms with Crippen molar-refractivity contribution in [2.45, 2.75) is 33.1 Å². The monoisotopic (exact) mass is 424 g/mol. The summed E-state index contributed by atoms with van der Waals surface area (Å²) in [6.07, 6.45) is 1.87. The molecular formula is C25H32N2O4. The average molecular weight is 425 g/mol. The predicted molar refractivity (Wildman–Crippen MR) is 121 cm³/mol. The highest BCUT2D eigenvalue weighted by Gasteiger charge is 2.23. The van der Waals surface area contributed by atoms with Crippen LogP contribution in [0.4, 0.5) is 0 Å². The van der Waals surface area contributed by atoms with Crippen LogP contribution in [0.15, 0.2) is 42.5 Å². The lowest BCUT2D eigenvalue weighted by Gasteiger charge is -2.23.